The van der Waals surface area contributed by atoms with Gasteiger partial charge in [-0.3, -0.25) is 9.78 Å². The number of anilines is 2. The van der Waals surface area contributed by atoms with Crippen molar-refractivity contribution in [1.29, 1.82) is 0 Å². The fourth-order valence-corrected chi connectivity index (χ4v) is 1.88. The van der Waals surface area contributed by atoms with Gasteiger partial charge in [0, 0.05) is 5.69 Å². The van der Waals surface area contributed by atoms with Gasteiger partial charge < -0.3 is 15.5 Å². The second-order valence-electron chi connectivity index (χ2n) is 4.41. The summed E-state index contributed by atoms with van der Waals surface area (Å²) in [5.74, 6) is 1.63. The average Bonchev–Trinajstić information content (AvgIpc) is 2.83. The van der Waals surface area contributed by atoms with Crippen LogP contribution in [0.1, 0.15) is 11.7 Å². The third kappa shape index (κ3) is 2.33. The van der Waals surface area contributed by atoms with E-state index >= 15 is 0 Å². The summed E-state index contributed by atoms with van der Waals surface area (Å²) in [5, 5.41) is 3.43. The maximum absolute atomic E-state index is 11.9. The molecular formula is C13H13N5O2. The number of hydrogen-bond acceptors (Lipinski definition) is 6. The smallest absolute Gasteiger partial charge is 0.260 e. The fraction of sp³-hybridized carbons (Fsp3) is 0.154. The fourth-order valence-electron chi connectivity index (χ4n) is 1.88. The zero-order chi connectivity index (χ0) is 14.1. The Morgan fingerprint density at radius 2 is 2.30 bits per heavy atom. The van der Waals surface area contributed by atoms with Gasteiger partial charge in [-0.1, -0.05) is 0 Å². The summed E-state index contributed by atoms with van der Waals surface area (Å²) >= 11 is 0. The first kappa shape index (κ1) is 12.2. The van der Waals surface area contributed by atoms with Crippen LogP contribution in [-0.4, -0.2) is 15.0 Å². The molecule has 0 radical (unpaired) electrons. The molecule has 0 saturated heterocycles. The number of benzene rings is 1. The summed E-state index contributed by atoms with van der Waals surface area (Å²) in [6, 6.07) is 5.01. The molecule has 102 valence electrons. The molecule has 0 aliphatic heterocycles. The minimum Gasteiger partial charge on any atom is -0.444 e. The second kappa shape index (κ2) is 4.69. The number of rotatable bonds is 3. The summed E-state index contributed by atoms with van der Waals surface area (Å²) in [7, 11) is 0. The Hall–Kier alpha value is -2.83. The van der Waals surface area contributed by atoms with Crippen LogP contribution < -0.4 is 16.6 Å². The minimum atomic E-state index is -0.242. The first-order valence-electron chi connectivity index (χ1n) is 6.06. The van der Waals surface area contributed by atoms with Gasteiger partial charge in [-0.2, -0.15) is 0 Å². The van der Waals surface area contributed by atoms with E-state index in [0.717, 1.165) is 5.76 Å². The van der Waals surface area contributed by atoms with Gasteiger partial charge >= 0.3 is 0 Å². The summed E-state index contributed by atoms with van der Waals surface area (Å²) in [5.41, 5.74) is 6.52. The van der Waals surface area contributed by atoms with Crippen LogP contribution in [0, 0.1) is 6.92 Å². The number of nitrogens with two attached hydrogens (primary N) is 1. The molecule has 0 fully saturated rings. The average molecular weight is 271 g/mol. The summed E-state index contributed by atoms with van der Waals surface area (Å²) < 4.78 is 5.33. The first-order chi connectivity index (χ1) is 9.61. The lowest BCUT2D eigenvalue weighted by molar-refractivity contribution is 0.478. The molecule has 0 spiro atoms. The lowest BCUT2D eigenvalue weighted by Crippen LogP contribution is -2.13. The van der Waals surface area contributed by atoms with Crippen LogP contribution in [0.4, 0.5) is 11.6 Å². The quantitative estimate of drug-likeness (QED) is 0.621. The summed E-state index contributed by atoms with van der Waals surface area (Å²) in [6.07, 6.45) is 1.64. The highest BCUT2D eigenvalue weighted by atomic mass is 16.4. The van der Waals surface area contributed by atoms with Crippen LogP contribution in [0.25, 0.3) is 10.9 Å². The van der Waals surface area contributed by atoms with Gasteiger partial charge in [0.1, 0.15) is 5.76 Å². The molecule has 2 heterocycles. The molecule has 0 atom stereocenters. The molecule has 0 aliphatic carbocycles. The molecule has 0 aliphatic rings. The molecule has 4 N–H and O–H groups in total. The van der Waals surface area contributed by atoms with E-state index < -0.39 is 0 Å². The van der Waals surface area contributed by atoms with Gasteiger partial charge in [-0.15, -0.1) is 0 Å². The molecule has 2 aromatic heterocycles. The van der Waals surface area contributed by atoms with Crippen molar-refractivity contribution in [3.05, 3.63) is 46.4 Å². The van der Waals surface area contributed by atoms with E-state index in [1.807, 2.05) is 6.92 Å². The maximum atomic E-state index is 11.9. The van der Waals surface area contributed by atoms with Crippen molar-refractivity contribution in [2.45, 2.75) is 13.5 Å². The largest absolute Gasteiger partial charge is 0.444 e. The number of aromatic nitrogens is 3. The van der Waals surface area contributed by atoms with Gasteiger partial charge in [-0.05, 0) is 25.1 Å². The van der Waals surface area contributed by atoms with Crippen LogP contribution in [0.5, 0.6) is 0 Å². The molecular weight excluding hydrogens is 258 g/mol. The molecule has 1 aromatic carbocycles. The van der Waals surface area contributed by atoms with E-state index in [9.17, 15) is 4.79 Å². The number of nitrogen functional groups attached to an aromatic ring is 1. The van der Waals surface area contributed by atoms with Crippen LogP contribution in [0.3, 0.4) is 0 Å². The number of nitrogens with zero attached hydrogens (tertiary/aromatic N) is 2. The zero-order valence-electron chi connectivity index (χ0n) is 10.8. The predicted octanol–water partition coefficient (Wildman–Crippen LogP) is 1.41. The molecule has 3 aromatic rings. The first-order valence-corrected chi connectivity index (χ1v) is 6.06. The SMILES string of the molecule is Cc1cnc(CNc2nc3ccc(N)cc3c(=O)[nH]2)o1. The van der Waals surface area contributed by atoms with E-state index in [-0.39, 0.29) is 5.56 Å². The molecule has 0 bridgehead atoms. The Morgan fingerprint density at radius 1 is 1.45 bits per heavy atom. The highest BCUT2D eigenvalue weighted by molar-refractivity contribution is 5.81. The third-order valence-electron chi connectivity index (χ3n) is 2.81. The van der Waals surface area contributed by atoms with Crippen molar-refractivity contribution >= 4 is 22.5 Å². The van der Waals surface area contributed by atoms with Crippen molar-refractivity contribution in [1.82, 2.24) is 15.0 Å². The molecule has 20 heavy (non-hydrogen) atoms. The van der Waals surface area contributed by atoms with Gasteiger partial charge in [0.15, 0.2) is 0 Å². The van der Waals surface area contributed by atoms with Crippen molar-refractivity contribution in [2.24, 2.45) is 0 Å². The Labute approximate surface area is 113 Å². The number of aromatic amines is 1. The van der Waals surface area contributed by atoms with E-state index in [4.69, 9.17) is 10.2 Å². The van der Waals surface area contributed by atoms with Gasteiger partial charge in [0.2, 0.25) is 11.8 Å². The highest BCUT2D eigenvalue weighted by Crippen LogP contribution is 2.13. The normalized spacial score (nSPS) is 10.8. The Morgan fingerprint density at radius 3 is 3.05 bits per heavy atom. The van der Waals surface area contributed by atoms with Crippen LogP contribution in [-0.2, 0) is 6.54 Å². The molecule has 7 heteroatoms. The minimum absolute atomic E-state index is 0.242. The maximum Gasteiger partial charge on any atom is 0.260 e. The molecule has 0 amide bonds. The van der Waals surface area contributed by atoms with E-state index in [1.54, 1.807) is 24.4 Å². The van der Waals surface area contributed by atoms with Gasteiger partial charge in [0.05, 0.1) is 23.6 Å². The number of H-pyrrole nitrogens is 1. The number of fused-ring (bicyclic) bond motifs is 1. The summed E-state index contributed by atoms with van der Waals surface area (Å²) in [4.78, 5) is 23.0. The Bertz CT molecular complexity index is 821. The zero-order valence-corrected chi connectivity index (χ0v) is 10.8. The van der Waals surface area contributed by atoms with Crippen molar-refractivity contribution in [2.75, 3.05) is 11.1 Å². The monoisotopic (exact) mass is 271 g/mol. The molecule has 0 unspecified atom stereocenters. The number of oxazole rings is 1. The van der Waals surface area contributed by atoms with Gasteiger partial charge in [0.25, 0.3) is 5.56 Å². The van der Waals surface area contributed by atoms with E-state index in [1.165, 1.54) is 0 Å². The molecule has 0 saturated carbocycles. The summed E-state index contributed by atoms with van der Waals surface area (Å²) in [6.45, 7) is 2.16. The molecule has 7 nitrogen and oxygen atoms in total. The van der Waals surface area contributed by atoms with E-state index in [0.29, 0.717) is 35.0 Å². The van der Waals surface area contributed by atoms with Crippen LogP contribution >= 0.6 is 0 Å². The van der Waals surface area contributed by atoms with Crippen LogP contribution in [0.2, 0.25) is 0 Å². The number of nitrogens with one attached hydrogen (secondary N) is 2. The second-order valence-corrected chi connectivity index (χ2v) is 4.41. The highest BCUT2D eigenvalue weighted by Gasteiger charge is 2.05. The Kier molecular flexibility index (Phi) is 2.86. The van der Waals surface area contributed by atoms with Crippen molar-refractivity contribution in [3.63, 3.8) is 0 Å². The lowest BCUT2D eigenvalue weighted by Gasteiger charge is -2.04. The number of aryl methyl sites for hydroxylation is 1. The van der Waals surface area contributed by atoms with Gasteiger partial charge in [-0.25, -0.2) is 9.97 Å². The lowest BCUT2D eigenvalue weighted by atomic mass is 10.2. The van der Waals surface area contributed by atoms with Crippen molar-refractivity contribution < 1.29 is 4.42 Å². The third-order valence-corrected chi connectivity index (χ3v) is 2.81. The standard InChI is InChI=1S/C13H13N5O2/c1-7-5-15-11(20-7)6-16-13-17-10-3-2-8(14)4-9(10)12(19)18-13/h2-5H,6,14H2,1H3,(H2,16,17,18,19). The van der Waals surface area contributed by atoms with E-state index in [2.05, 4.69) is 20.3 Å². The van der Waals surface area contributed by atoms with Crippen molar-refractivity contribution in [3.8, 4) is 0 Å². The number of hydrogen-bond donors (Lipinski definition) is 3. The Balaban J connectivity index is 1.89. The molecule has 3 rings (SSSR count). The van der Waals surface area contributed by atoms with Crippen LogP contribution in [0.15, 0.2) is 33.6 Å². The predicted molar refractivity (Wildman–Crippen MR) is 75.3 cm³/mol. The topological polar surface area (TPSA) is 110 Å².